The third kappa shape index (κ3) is 6.79. The molecule has 0 saturated carbocycles. The number of guanidine groups is 1. The Kier molecular flexibility index (Phi) is 10.0. The number of benzene rings is 1. The maximum atomic E-state index is 13.0. The number of nitrogens with zero attached hydrogens (tertiary/aromatic N) is 3. The van der Waals surface area contributed by atoms with Crippen LogP contribution in [0.3, 0.4) is 0 Å². The number of halogens is 1. The fourth-order valence-electron chi connectivity index (χ4n) is 4.24. The van der Waals surface area contributed by atoms with Crippen molar-refractivity contribution >= 4 is 40.0 Å². The molecule has 31 heavy (non-hydrogen) atoms. The first-order chi connectivity index (χ1) is 14.3. The molecule has 2 heterocycles. The number of piperidine rings is 1. The SMILES string of the molecule is CN=C(NCc1cccc(S(=O)(=O)N2CCCCC2)c1)NC1CN(C(C)C)CC1C.I. The maximum Gasteiger partial charge on any atom is 0.243 e. The van der Waals surface area contributed by atoms with E-state index in [4.69, 9.17) is 0 Å². The first kappa shape index (κ1) is 26.3. The highest BCUT2D eigenvalue weighted by molar-refractivity contribution is 14.0. The summed E-state index contributed by atoms with van der Waals surface area (Å²) in [6.07, 6.45) is 2.99. The van der Waals surface area contributed by atoms with E-state index in [0.717, 1.165) is 43.9 Å². The van der Waals surface area contributed by atoms with Crippen LogP contribution in [0.25, 0.3) is 0 Å². The van der Waals surface area contributed by atoms with Gasteiger partial charge in [0.2, 0.25) is 10.0 Å². The van der Waals surface area contributed by atoms with E-state index in [0.29, 0.717) is 42.5 Å². The summed E-state index contributed by atoms with van der Waals surface area (Å²) in [7, 11) is -1.64. The van der Waals surface area contributed by atoms with Crippen LogP contribution in [0.5, 0.6) is 0 Å². The van der Waals surface area contributed by atoms with Gasteiger partial charge in [-0.15, -0.1) is 24.0 Å². The first-order valence-corrected chi connectivity index (χ1v) is 12.6. The molecule has 0 amide bonds. The molecule has 176 valence electrons. The van der Waals surface area contributed by atoms with Crippen LogP contribution in [0.1, 0.15) is 45.6 Å². The average Bonchev–Trinajstić information content (AvgIpc) is 3.12. The molecule has 2 aliphatic rings. The molecule has 1 aromatic rings. The number of nitrogens with one attached hydrogen (secondary N) is 2. The zero-order valence-corrected chi connectivity index (χ0v) is 22.3. The van der Waals surface area contributed by atoms with E-state index < -0.39 is 10.0 Å². The lowest BCUT2D eigenvalue weighted by molar-refractivity contribution is 0.265. The van der Waals surface area contributed by atoms with E-state index in [1.807, 2.05) is 12.1 Å². The van der Waals surface area contributed by atoms with Crippen LogP contribution in [-0.4, -0.2) is 68.9 Å². The molecule has 2 fully saturated rings. The molecular formula is C22H38IN5O2S. The van der Waals surface area contributed by atoms with Gasteiger partial charge in [-0.1, -0.05) is 25.5 Å². The van der Waals surface area contributed by atoms with Crippen molar-refractivity contribution in [2.45, 2.75) is 63.6 Å². The summed E-state index contributed by atoms with van der Waals surface area (Å²) < 4.78 is 27.5. The number of likely N-dealkylation sites (tertiary alicyclic amines) is 1. The monoisotopic (exact) mass is 563 g/mol. The standard InChI is InChI=1S/C22H37N5O2S.HI/c1-17(2)26-15-18(3)21(16-26)25-22(23-4)24-14-19-9-8-10-20(13-19)30(28,29)27-11-6-5-7-12-27;/h8-10,13,17-18,21H,5-7,11-12,14-16H2,1-4H3,(H2,23,24,25);1H. The van der Waals surface area contributed by atoms with Crippen molar-refractivity contribution in [3.63, 3.8) is 0 Å². The van der Waals surface area contributed by atoms with Crippen LogP contribution >= 0.6 is 24.0 Å². The fraction of sp³-hybridized carbons (Fsp3) is 0.682. The minimum atomic E-state index is -3.41. The van der Waals surface area contributed by atoms with Gasteiger partial charge in [-0.05, 0) is 50.3 Å². The largest absolute Gasteiger partial charge is 0.352 e. The molecule has 0 aliphatic carbocycles. The molecule has 2 saturated heterocycles. The number of aliphatic imine (C=N–C) groups is 1. The van der Waals surface area contributed by atoms with Crippen LogP contribution in [0.15, 0.2) is 34.2 Å². The quantitative estimate of drug-likeness (QED) is 0.317. The highest BCUT2D eigenvalue weighted by atomic mass is 127. The summed E-state index contributed by atoms with van der Waals surface area (Å²) >= 11 is 0. The van der Waals surface area contributed by atoms with Crippen molar-refractivity contribution < 1.29 is 8.42 Å². The Morgan fingerprint density at radius 3 is 2.52 bits per heavy atom. The minimum absolute atomic E-state index is 0. The molecule has 0 spiro atoms. The van der Waals surface area contributed by atoms with Gasteiger partial charge in [-0.3, -0.25) is 9.89 Å². The second-order valence-corrected chi connectivity index (χ2v) is 10.8. The van der Waals surface area contributed by atoms with Crippen LogP contribution < -0.4 is 10.6 Å². The van der Waals surface area contributed by atoms with E-state index in [9.17, 15) is 8.42 Å². The molecule has 0 aromatic heterocycles. The molecular weight excluding hydrogens is 525 g/mol. The molecule has 3 rings (SSSR count). The summed E-state index contributed by atoms with van der Waals surface area (Å²) in [6, 6.07) is 8.14. The smallest absolute Gasteiger partial charge is 0.243 e. The molecule has 2 atom stereocenters. The number of rotatable bonds is 6. The topological polar surface area (TPSA) is 77.0 Å². The van der Waals surface area contributed by atoms with Gasteiger partial charge >= 0.3 is 0 Å². The summed E-state index contributed by atoms with van der Waals surface area (Å²) in [6.45, 7) is 10.6. The van der Waals surface area contributed by atoms with Crippen LogP contribution in [-0.2, 0) is 16.6 Å². The summed E-state index contributed by atoms with van der Waals surface area (Å²) in [5, 5.41) is 6.89. The van der Waals surface area contributed by atoms with Crippen molar-refractivity contribution in [2.24, 2.45) is 10.9 Å². The first-order valence-electron chi connectivity index (χ1n) is 11.1. The molecule has 7 nitrogen and oxygen atoms in total. The van der Waals surface area contributed by atoms with Crippen LogP contribution in [0, 0.1) is 5.92 Å². The lowest BCUT2D eigenvalue weighted by atomic mass is 10.1. The zero-order valence-electron chi connectivity index (χ0n) is 19.2. The molecule has 1 aromatic carbocycles. The van der Waals surface area contributed by atoms with Gasteiger partial charge in [0.1, 0.15) is 0 Å². The number of hydrogen-bond acceptors (Lipinski definition) is 4. The zero-order chi connectivity index (χ0) is 21.7. The Morgan fingerprint density at radius 1 is 1.19 bits per heavy atom. The van der Waals surface area contributed by atoms with E-state index in [1.54, 1.807) is 23.5 Å². The van der Waals surface area contributed by atoms with E-state index in [2.05, 4.69) is 41.3 Å². The van der Waals surface area contributed by atoms with Gasteiger partial charge in [0.05, 0.1) is 4.90 Å². The third-order valence-electron chi connectivity index (χ3n) is 6.23. The Balaban J connectivity index is 0.00000341. The molecule has 2 unspecified atom stereocenters. The molecule has 2 N–H and O–H groups in total. The predicted molar refractivity (Wildman–Crippen MR) is 137 cm³/mol. The van der Waals surface area contributed by atoms with Crippen LogP contribution in [0.4, 0.5) is 0 Å². The Labute approximate surface area is 205 Å². The van der Waals surface area contributed by atoms with Gasteiger partial charge in [-0.2, -0.15) is 4.31 Å². The Morgan fingerprint density at radius 2 is 1.90 bits per heavy atom. The van der Waals surface area contributed by atoms with Crippen molar-refractivity contribution in [3.8, 4) is 0 Å². The maximum absolute atomic E-state index is 13.0. The molecule has 2 aliphatic heterocycles. The Bertz CT molecular complexity index is 840. The third-order valence-corrected chi connectivity index (χ3v) is 8.12. The number of hydrogen-bond donors (Lipinski definition) is 2. The van der Waals surface area contributed by atoms with Gasteiger partial charge in [0.25, 0.3) is 0 Å². The predicted octanol–water partition coefficient (Wildman–Crippen LogP) is 2.87. The second kappa shape index (κ2) is 11.8. The van der Waals surface area contributed by atoms with E-state index in [-0.39, 0.29) is 24.0 Å². The highest BCUT2D eigenvalue weighted by Crippen LogP contribution is 2.21. The molecule has 0 radical (unpaired) electrons. The van der Waals surface area contributed by atoms with Gasteiger partial charge in [-0.25, -0.2) is 8.42 Å². The lowest BCUT2D eigenvalue weighted by Crippen LogP contribution is -2.46. The van der Waals surface area contributed by atoms with Crippen molar-refractivity contribution in [3.05, 3.63) is 29.8 Å². The van der Waals surface area contributed by atoms with Gasteiger partial charge in [0, 0.05) is 51.9 Å². The highest BCUT2D eigenvalue weighted by Gasteiger charge is 2.31. The summed E-state index contributed by atoms with van der Waals surface area (Å²) in [5.41, 5.74) is 0.930. The van der Waals surface area contributed by atoms with Crippen molar-refractivity contribution in [2.75, 3.05) is 33.2 Å². The van der Waals surface area contributed by atoms with Crippen molar-refractivity contribution in [1.29, 1.82) is 0 Å². The van der Waals surface area contributed by atoms with Gasteiger partial charge in [0.15, 0.2) is 5.96 Å². The summed E-state index contributed by atoms with van der Waals surface area (Å²) in [4.78, 5) is 7.22. The molecule has 9 heteroatoms. The summed E-state index contributed by atoms with van der Waals surface area (Å²) in [5.74, 6) is 1.30. The van der Waals surface area contributed by atoms with E-state index >= 15 is 0 Å². The van der Waals surface area contributed by atoms with Crippen molar-refractivity contribution in [1.82, 2.24) is 19.8 Å². The van der Waals surface area contributed by atoms with E-state index in [1.165, 1.54) is 0 Å². The average molecular weight is 564 g/mol. The normalized spacial score (nSPS) is 23.6. The minimum Gasteiger partial charge on any atom is -0.352 e. The fourth-order valence-corrected chi connectivity index (χ4v) is 5.83. The molecule has 0 bridgehead atoms. The number of sulfonamides is 1. The lowest BCUT2D eigenvalue weighted by Gasteiger charge is -2.26. The van der Waals surface area contributed by atoms with Gasteiger partial charge < -0.3 is 10.6 Å². The Hall–Kier alpha value is -0.910. The second-order valence-electron chi connectivity index (χ2n) is 8.81. The van der Waals surface area contributed by atoms with Crippen LogP contribution in [0.2, 0.25) is 0 Å².